The molecule has 0 aromatic carbocycles. The van der Waals surface area contributed by atoms with Crippen LogP contribution in [0.15, 0.2) is 0 Å². The van der Waals surface area contributed by atoms with Crippen molar-refractivity contribution in [1.29, 1.82) is 0 Å². The zero-order valence-corrected chi connectivity index (χ0v) is 11.5. The molecule has 10 heteroatoms. The van der Waals surface area contributed by atoms with E-state index in [9.17, 15) is 9.59 Å². The summed E-state index contributed by atoms with van der Waals surface area (Å²) in [4.78, 5) is 27.5. The van der Waals surface area contributed by atoms with E-state index >= 15 is 0 Å². The third-order valence-electron chi connectivity index (χ3n) is 3.42. The van der Waals surface area contributed by atoms with Crippen LogP contribution in [-0.4, -0.2) is 70.1 Å². The number of amides is 3. The highest BCUT2D eigenvalue weighted by atomic mass is 32.1. The predicted octanol–water partition coefficient (Wildman–Crippen LogP) is -0.132. The minimum Gasteiger partial charge on any atom is -0.465 e. The molecule has 2 fully saturated rings. The lowest BCUT2D eigenvalue weighted by Gasteiger charge is -2.33. The first kappa shape index (κ1) is 12.9. The summed E-state index contributed by atoms with van der Waals surface area (Å²) >= 11 is 1.06. The predicted molar refractivity (Wildman–Crippen MR) is 72.5 cm³/mol. The first-order chi connectivity index (χ1) is 9.66. The van der Waals surface area contributed by atoms with Gasteiger partial charge >= 0.3 is 12.1 Å². The van der Waals surface area contributed by atoms with Crippen LogP contribution in [0.5, 0.6) is 0 Å². The van der Waals surface area contributed by atoms with Crippen molar-refractivity contribution in [2.45, 2.75) is 0 Å². The molecule has 3 amide bonds. The lowest BCUT2D eigenvalue weighted by molar-refractivity contribution is 0.142. The maximum atomic E-state index is 11.7. The van der Waals surface area contributed by atoms with Crippen molar-refractivity contribution in [1.82, 2.24) is 19.0 Å². The molecule has 0 aliphatic carbocycles. The average Bonchev–Trinajstić information content (AvgIpc) is 3.07. The maximum Gasteiger partial charge on any atom is 0.407 e. The first-order valence-corrected chi connectivity index (χ1v) is 7.00. The molecule has 0 radical (unpaired) electrons. The topological polar surface area (TPSA) is 102 Å². The number of hydrogen-bond acceptors (Lipinski definition) is 6. The van der Waals surface area contributed by atoms with E-state index in [-0.39, 0.29) is 6.03 Å². The number of anilines is 2. The van der Waals surface area contributed by atoms with Crippen molar-refractivity contribution in [3.8, 4) is 0 Å². The minimum absolute atomic E-state index is 0.164. The quantitative estimate of drug-likeness (QED) is 0.788. The number of urea groups is 1. The molecule has 20 heavy (non-hydrogen) atoms. The number of carbonyl (C=O) groups excluding carboxylic acids is 1. The van der Waals surface area contributed by atoms with Crippen LogP contribution in [0, 0.1) is 0 Å². The monoisotopic (exact) mass is 298 g/mol. The summed E-state index contributed by atoms with van der Waals surface area (Å²) < 4.78 is 8.46. The highest BCUT2D eigenvalue weighted by Gasteiger charge is 2.30. The Morgan fingerprint density at radius 2 is 1.85 bits per heavy atom. The van der Waals surface area contributed by atoms with Crippen LogP contribution in [0.3, 0.4) is 0 Å². The van der Waals surface area contributed by atoms with E-state index in [2.05, 4.69) is 14.1 Å². The Morgan fingerprint density at radius 3 is 2.45 bits per heavy atom. The Bertz CT molecular complexity index is 527. The summed E-state index contributed by atoms with van der Waals surface area (Å²) in [6.07, 6.45) is -0.903. The van der Waals surface area contributed by atoms with Crippen LogP contribution in [0.1, 0.15) is 0 Å². The normalized spacial score (nSPS) is 19.4. The summed E-state index contributed by atoms with van der Waals surface area (Å²) in [6, 6.07) is -0.164. The molecule has 2 saturated heterocycles. The fourth-order valence-electron chi connectivity index (χ4n) is 2.33. The van der Waals surface area contributed by atoms with E-state index in [1.54, 1.807) is 4.90 Å². The van der Waals surface area contributed by atoms with Crippen LogP contribution in [0.4, 0.5) is 21.2 Å². The molecule has 3 rings (SSSR count). The number of hydrogen-bond donors (Lipinski definition) is 2. The first-order valence-electron chi connectivity index (χ1n) is 6.27. The van der Waals surface area contributed by atoms with Crippen molar-refractivity contribution in [3.05, 3.63) is 0 Å². The molecule has 1 aromatic rings. The van der Waals surface area contributed by atoms with Gasteiger partial charge in [-0.15, -0.1) is 0 Å². The summed E-state index contributed by atoms with van der Waals surface area (Å²) in [7, 11) is 0. The summed E-state index contributed by atoms with van der Waals surface area (Å²) in [5.41, 5.74) is 0. The molecule has 0 unspecified atom stereocenters. The van der Waals surface area contributed by atoms with Crippen LogP contribution in [0.2, 0.25) is 0 Å². The van der Waals surface area contributed by atoms with Gasteiger partial charge in [-0.3, -0.25) is 4.90 Å². The third kappa shape index (κ3) is 2.22. The van der Waals surface area contributed by atoms with Crippen LogP contribution in [-0.2, 0) is 0 Å². The Labute approximate surface area is 119 Å². The third-order valence-corrected chi connectivity index (χ3v) is 3.93. The van der Waals surface area contributed by atoms with Crippen LogP contribution in [0.25, 0.3) is 0 Å². The highest BCUT2D eigenvalue weighted by molar-refractivity contribution is 6.99. The maximum absolute atomic E-state index is 11.7. The fraction of sp³-hybridized carbons (Fsp3) is 0.600. The molecule has 1 aromatic heterocycles. The van der Waals surface area contributed by atoms with Gasteiger partial charge in [-0.25, -0.2) is 9.59 Å². The van der Waals surface area contributed by atoms with Gasteiger partial charge in [0.05, 0.1) is 11.7 Å². The molecule has 2 aliphatic rings. The molecule has 2 N–H and O–H groups in total. The Kier molecular flexibility index (Phi) is 3.30. The van der Waals surface area contributed by atoms with Crippen molar-refractivity contribution in [2.24, 2.45) is 0 Å². The Hall–Kier alpha value is -2.10. The zero-order chi connectivity index (χ0) is 14.1. The van der Waals surface area contributed by atoms with Gasteiger partial charge in [-0.1, -0.05) is 0 Å². The number of nitrogens with zero attached hydrogens (tertiary/aromatic N) is 5. The van der Waals surface area contributed by atoms with Gasteiger partial charge in [0, 0.05) is 39.3 Å². The molecule has 0 atom stereocenters. The number of piperazine rings is 1. The summed E-state index contributed by atoms with van der Waals surface area (Å²) in [6.45, 7) is 3.15. The number of carboxylic acid groups (broad SMARTS) is 1. The molecule has 3 heterocycles. The SMILES string of the molecule is O=C(O)N1CCN(c2nsnc2N2CCNC2=O)CC1. The molecular formula is C10H14N6O3S. The van der Waals surface area contributed by atoms with E-state index in [4.69, 9.17) is 5.11 Å². The molecule has 0 bridgehead atoms. The van der Waals surface area contributed by atoms with Crippen molar-refractivity contribution < 1.29 is 14.7 Å². The van der Waals surface area contributed by atoms with Gasteiger partial charge in [0.25, 0.3) is 0 Å². The van der Waals surface area contributed by atoms with Crippen molar-refractivity contribution in [2.75, 3.05) is 49.1 Å². The summed E-state index contributed by atoms with van der Waals surface area (Å²) in [5.74, 6) is 1.23. The van der Waals surface area contributed by atoms with E-state index in [1.807, 2.05) is 4.90 Å². The molecule has 0 spiro atoms. The molecular weight excluding hydrogens is 284 g/mol. The largest absolute Gasteiger partial charge is 0.465 e. The van der Waals surface area contributed by atoms with E-state index in [0.29, 0.717) is 50.9 Å². The van der Waals surface area contributed by atoms with Crippen molar-refractivity contribution in [3.63, 3.8) is 0 Å². The Balaban J connectivity index is 1.74. The lowest BCUT2D eigenvalue weighted by atomic mass is 10.3. The fourth-order valence-corrected chi connectivity index (χ4v) is 2.90. The van der Waals surface area contributed by atoms with Gasteiger partial charge in [0.15, 0.2) is 11.6 Å². The second-order valence-electron chi connectivity index (χ2n) is 4.55. The van der Waals surface area contributed by atoms with Gasteiger partial charge < -0.3 is 20.2 Å². The molecule has 108 valence electrons. The second-order valence-corrected chi connectivity index (χ2v) is 5.08. The number of aromatic nitrogens is 2. The van der Waals surface area contributed by atoms with Gasteiger partial charge in [-0.05, 0) is 0 Å². The Morgan fingerprint density at radius 1 is 1.15 bits per heavy atom. The lowest BCUT2D eigenvalue weighted by Crippen LogP contribution is -2.48. The average molecular weight is 298 g/mol. The van der Waals surface area contributed by atoms with E-state index in [1.165, 1.54) is 4.90 Å². The number of rotatable bonds is 2. The number of carbonyl (C=O) groups is 2. The highest BCUT2D eigenvalue weighted by Crippen LogP contribution is 2.28. The standard InChI is InChI=1S/C10H14N6O3S/c17-9-11-1-2-16(9)8-7(12-20-13-8)14-3-5-15(6-4-14)10(18)19/h1-6H2,(H,11,17)(H,18,19). The molecule has 0 saturated carbocycles. The second kappa shape index (κ2) is 5.12. The minimum atomic E-state index is -0.903. The molecule has 2 aliphatic heterocycles. The number of nitrogens with one attached hydrogen (secondary N) is 1. The summed E-state index contributed by atoms with van der Waals surface area (Å²) in [5, 5.41) is 11.7. The van der Waals surface area contributed by atoms with E-state index in [0.717, 1.165) is 11.7 Å². The van der Waals surface area contributed by atoms with Gasteiger partial charge in [0.1, 0.15) is 0 Å². The van der Waals surface area contributed by atoms with Gasteiger partial charge in [0.2, 0.25) is 0 Å². The molecule has 9 nitrogen and oxygen atoms in total. The smallest absolute Gasteiger partial charge is 0.407 e. The van der Waals surface area contributed by atoms with Crippen molar-refractivity contribution >= 4 is 35.5 Å². The zero-order valence-electron chi connectivity index (χ0n) is 10.7. The van der Waals surface area contributed by atoms with Crippen LogP contribution >= 0.6 is 11.7 Å². The van der Waals surface area contributed by atoms with Crippen LogP contribution < -0.4 is 15.1 Å². The van der Waals surface area contributed by atoms with Gasteiger partial charge in [-0.2, -0.15) is 8.75 Å². The van der Waals surface area contributed by atoms with E-state index < -0.39 is 6.09 Å².